The Morgan fingerprint density at radius 3 is 1.91 bits per heavy atom. The van der Waals surface area contributed by atoms with E-state index in [1.54, 1.807) is 36.4 Å². The predicted octanol–water partition coefficient (Wildman–Crippen LogP) is 5.32. The number of esters is 2. The number of ether oxygens (including phenoxy) is 3. The maximum absolute atomic E-state index is 13.8. The van der Waals surface area contributed by atoms with E-state index in [0.29, 0.717) is 38.5 Å². The van der Waals surface area contributed by atoms with Gasteiger partial charge in [0.05, 0.1) is 6.42 Å². The molecular weight excluding hydrogens is 692 g/mol. The van der Waals surface area contributed by atoms with Gasteiger partial charge in [-0.25, -0.2) is 4.79 Å². The molecule has 296 valence electrons. The number of nitrogens with one attached hydrogen (secondary N) is 3. The molecule has 0 aromatic heterocycles. The number of carbonyl (C=O) groups excluding carboxylic acids is 6. The van der Waals surface area contributed by atoms with Gasteiger partial charge in [0.1, 0.15) is 36.4 Å². The van der Waals surface area contributed by atoms with Crippen molar-refractivity contribution in [1.29, 1.82) is 0 Å². The molecule has 0 radical (unpaired) electrons. The summed E-state index contributed by atoms with van der Waals surface area (Å²) in [4.78, 5) is 78.1. The highest BCUT2D eigenvalue weighted by Crippen LogP contribution is 2.21. The second kappa shape index (κ2) is 23.0. The van der Waals surface area contributed by atoms with Gasteiger partial charge in [-0.05, 0) is 70.4 Å². The van der Waals surface area contributed by atoms with Crippen LogP contribution in [0.5, 0.6) is 0 Å². The number of benzene rings is 2. The van der Waals surface area contributed by atoms with Gasteiger partial charge in [-0.2, -0.15) is 0 Å². The summed E-state index contributed by atoms with van der Waals surface area (Å²) in [5.74, 6) is -3.20. The van der Waals surface area contributed by atoms with Gasteiger partial charge in [-0.15, -0.1) is 0 Å². The first-order valence-corrected chi connectivity index (χ1v) is 19.1. The third kappa shape index (κ3) is 17.7. The van der Waals surface area contributed by atoms with Gasteiger partial charge < -0.3 is 35.9 Å². The van der Waals surface area contributed by atoms with E-state index < -0.39 is 59.9 Å². The molecule has 0 heterocycles. The van der Waals surface area contributed by atoms with Crippen molar-refractivity contribution in [2.45, 2.75) is 147 Å². The molecule has 2 aromatic carbocycles. The van der Waals surface area contributed by atoms with Crippen molar-refractivity contribution in [2.75, 3.05) is 0 Å². The SMILES string of the molecule is CC(C)(C)OC(=O)CCCCCCC[C@H](NC(=O)OCc1ccccc1)C(=O)N[C@@H](CC(=O)OC1CCCCC1)C(=O)N[C@@H](Cc1ccccc1)C(N)=O. The van der Waals surface area contributed by atoms with E-state index in [9.17, 15) is 28.8 Å². The zero-order chi connectivity index (χ0) is 39.3. The van der Waals surface area contributed by atoms with Crippen LogP contribution in [-0.4, -0.2) is 65.6 Å². The second-order valence-corrected chi connectivity index (χ2v) is 14.8. The quantitative estimate of drug-likeness (QED) is 0.0743. The topological polar surface area (TPSA) is 192 Å². The van der Waals surface area contributed by atoms with E-state index in [0.717, 1.165) is 43.2 Å². The second-order valence-electron chi connectivity index (χ2n) is 14.8. The van der Waals surface area contributed by atoms with E-state index in [1.165, 1.54) is 0 Å². The molecule has 0 bridgehead atoms. The van der Waals surface area contributed by atoms with Crippen molar-refractivity contribution in [3.8, 4) is 0 Å². The van der Waals surface area contributed by atoms with E-state index in [2.05, 4.69) is 16.0 Å². The fourth-order valence-corrected chi connectivity index (χ4v) is 6.13. The minimum atomic E-state index is -1.43. The first-order valence-electron chi connectivity index (χ1n) is 19.1. The van der Waals surface area contributed by atoms with Gasteiger partial charge in [-0.1, -0.05) is 92.8 Å². The summed E-state index contributed by atoms with van der Waals surface area (Å²) in [5, 5.41) is 7.87. The molecule has 13 nitrogen and oxygen atoms in total. The van der Waals surface area contributed by atoms with Crippen LogP contribution in [0.4, 0.5) is 4.79 Å². The Morgan fingerprint density at radius 2 is 1.28 bits per heavy atom. The molecule has 1 aliphatic rings. The van der Waals surface area contributed by atoms with Crippen molar-refractivity contribution in [1.82, 2.24) is 16.0 Å². The minimum absolute atomic E-state index is 0.0212. The number of nitrogens with two attached hydrogens (primary N) is 1. The molecule has 5 N–H and O–H groups in total. The Bertz CT molecular complexity index is 1490. The van der Waals surface area contributed by atoms with Crippen LogP contribution in [0.2, 0.25) is 0 Å². The van der Waals surface area contributed by atoms with Crippen LogP contribution in [0.3, 0.4) is 0 Å². The first kappa shape index (κ1) is 43.5. The predicted molar refractivity (Wildman–Crippen MR) is 202 cm³/mol. The highest BCUT2D eigenvalue weighted by molar-refractivity contribution is 5.95. The average Bonchev–Trinajstić information content (AvgIpc) is 3.13. The van der Waals surface area contributed by atoms with Crippen molar-refractivity contribution < 1.29 is 43.0 Å². The Labute approximate surface area is 318 Å². The molecule has 0 aliphatic heterocycles. The summed E-state index contributed by atoms with van der Waals surface area (Å²) in [6, 6.07) is 14.4. The molecule has 1 saturated carbocycles. The van der Waals surface area contributed by atoms with Gasteiger partial charge in [0, 0.05) is 12.8 Å². The molecule has 1 fully saturated rings. The molecule has 4 amide bonds. The van der Waals surface area contributed by atoms with Crippen molar-refractivity contribution in [3.05, 3.63) is 71.8 Å². The summed E-state index contributed by atoms with van der Waals surface area (Å²) >= 11 is 0. The molecule has 2 aromatic rings. The lowest BCUT2D eigenvalue weighted by Gasteiger charge is -2.26. The van der Waals surface area contributed by atoms with E-state index >= 15 is 0 Å². The van der Waals surface area contributed by atoms with E-state index in [-0.39, 0.29) is 31.5 Å². The monoisotopic (exact) mass is 750 g/mol. The van der Waals surface area contributed by atoms with Crippen LogP contribution in [-0.2, 0) is 51.2 Å². The zero-order valence-corrected chi connectivity index (χ0v) is 31.9. The Balaban J connectivity index is 1.69. The number of unbranched alkanes of at least 4 members (excludes halogenated alkanes) is 4. The van der Waals surface area contributed by atoms with Crippen molar-refractivity contribution in [2.24, 2.45) is 5.73 Å². The van der Waals surface area contributed by atoms with Gasteiger partial charge in [0.15, 0.2) is 0 Å². The third-order valence-electron chi connectivity index (χ3n) is 8.91. The summed E-state index contributed by atoms with van der Waals surface area (Å²) in [6.07, 6.45) is 6.81. The maximum atomic E-state index is 13.8. The van der Waals surface area contributed by atoms with Crippen LogP contribution < -0.4 is 21.7 Å². The largest absolute Gasteiger partial charge is 0.462 e. The molecule has 13 heteroatoms. The minimum Gasteiger partial charge on any atom is -0.462 e. The molecular formula is C41H58N4O9. The number of alkyl carbamates (subject to hydrolysis) is 1. The normalized spacial score (nSPS) is 14.8. The van der Waals surface area contributed by atoms with E-state index in [4.69, 9.17) is 19.9 Å². The highest BCUT2D eigenvalue weighted by Gasteiger charge is 2.32. The van der Waals surface area contributed by atoms with Crippen LogP contribution >= 0.6 is 0 Å². The fourth-order valence-electron chi connectivity index (χ4n) is 6.13. The van der Waals surface area contributed by atoms with Crippen LogP contribution in [0.25, 0.3) is 0 Å². The number of hydrogen-bond donors (Lipinski definition) is 4. The fraction of sp³-hybridized carbons (Fsp3) is 0.561. The summed E-state index contributed by atoms with van der Waals surface area (Å²) < 4.78 is 16.4. The molecule has 54 heavy (non-hydrogen) atoms. The summed E-state index contributed by atoms with van der Waals surface area (Å²) in [6.45, 7) is 5.45. The lowest BCUT2D eigenvalue weighted by atomic mass is 9.98. The van der Waals surface area contributed by atoms with E-state index in [1.807, 2.05) is 45.0 Å². The number of rotatable bonds is 21. The molecule has 0 spiro atoms. The third-order valence-corrected chi connectivity index (χ3v) is 8.91. The molecule has 3 atom stereocenters. The highest BCUT2D eigenvalue weighted by atomic mass is 16.6. The number of primary amides is 1. The Morgan fingerprint density at radius 1 is 0.704 bits per heavy atom. The molecule has 3 rings (SSSR count). The Kier molecular flexibility index (Phi) is 18.5. The smallest absolute Gasteiger partial charge is 0.408 e. The van der Waals surface area contributed by atoms with Gasteiger partial charge >= 0.3 is 18.0 Å². The van der Waals surface area contributed by atoms with Gasteiger partial charge in [0.25, 0.3) is 0 Å². The molecule has 0 saturated heterocycles. The summed E-state index contributed by atoms with van der Waals surface area (Å²) in [7, 11) is 0. The first-order chi connectivity index (χ1) is 25.8. The molecule has 1 aliphatic carbocycles. The average molecular weight is 751 g/mol. The standard InChI is InChI=1S/C41H58N4O9/c1-41(2,3)54-35(46)25-17-6-4-5-16-24-32(45-40(51)52-28-30-20-12-8-13-21-30)38(49)44-34(27-36(47)53-31-22-14-9-15-23-31)39(50)43-33(37(42)48)26-29-18-10-7-11-19-29/h7-8,10-13,18-21,31-34H,4-6,9,14-17,22-28H2,1-3H3,(H2,42,48)(H,43,50)(H,44,49)(H,45,51)/t32-,33-,34-/m0/s1. The number of hydrogen-bond acceptors (Lipinski definition) is 9. The summed E-state index contributed by atoms with van der Waals surface area (Å²) in [5.41, 5.74) is 6.62. The van der Waals surface area contributed by atoms with Crippen molar-refractivity contribution in [3.63, 3.8) is 0 Å². The number of carbonyl (C=O) groups is 6. The Hall–Kier alpha value is -4.94. The maximum Gasteiger partial charge on any atom is 0.408 e. The lowest BCUT2D eigenvalue weighted by molar-refractivity contribution is -0.155. The zero-order valence-electron chi connectivity index (χ0n) is 31.9. The van der Waals surface area contributed by atoms with Crippen LogP contribution in [0.15, 0.2) is 60.7 Å². The number of amides is 4. The van der Waals surface area contributed by atoms with Crippen molar-refractivity contribution >= 4 is 35.8 Å². The lowest BCUT2D eigenvalue weighted by Crippen LogP contribution is -2.57. The van der Waals surface area contributed by atoms with Crippen LogP contribution in [0, 0.1) is 0 Å². The molecule has 0 unspecified atom stereocenters. The van der Waals surface area contributed by atoms with Gasteiger partial charge in [-0.3, -0.25) is 24.0 Å². The van der Waals surface area contributed by atoms with Crippen LogP contribution in [0.1, 0.15) is 115 Å². The van der Waals surface area contributed by atoms with Gasteiger partial charge in [0.2, 0.25) is 17.7 Å².